The van der Waals surface area contributed by atoms with Gasteiger partial charge in [0.1, 0.15) is 5.82 Å². The fraction of sp³-hybridized carbons (Fsp3) is 0.308. The molecule has 17 heavy (non-hydrogen) atoms. The minimum Gasteiger partial charge on any atom is -0.466 e. The van der Waals surface area contributed by atoms with E-state index in [1.807, 2.05) is 0 Å². The maximum absolute atomic E-state index is 12.9. The van der Waals surface area contributed by atoms with Crippen molar-refractivity contribution in [3.63, 3.8) is 0 Å². The Bertz CT molecular complexity index is 451. The van der Waals surface area contributed by atoms with E-state index in [-0.39, 0.29) is 11.8 Å². The third kappa shape index (κ3) is 2.53. The highest BCUT2D eigenvalue weighted by Gasteiger charge is 2.20. The van der Waals surface area contributed by atoms with E-state index in [0.717, 1.165) is 24.1 Å². The van der Waals surface area contributed by atoms with Crippen LogP contribution in [0.2, 0.25) is 0 Å². The number of nitrogens with one attached hydrogen (secondary N) is 1. The molecule has 90 valence electrons. The minimum absolute atomic E-state index is 0.275. The molecule has 0 aromatic heterocycles. The third-order valence-electron chi connectivity index (χ3n) is 2.84. The zero-order valence-electron chi connectivity index (χ0n) is 9.63. The number of esters is 1. The summed E-state index contributed by atoms with van der Waals surface area (Å²) in [5.41, 5.74) is 2.45. The highest BCUT2D eigenvalue weighted by Crippen LogP contribution is 2.25. The Morgan fingerprint density at radius 3 is 2.71 bits per heavy atom. The molecule has 2 rings (SSSR count). The Kier molecular flexibility index (Phi) is 3.54. The molecule has 3 nitrogen and oxygen atoms in total. The van der Waals surface area contributed by atoms with E-state index < -0.39 is 0 Å². The van der Waals surface area contributed by atoms with Gasteiger partial charge in [0.15, 0.2) is 0 Å². The van der Waals surface area contributed by atoms with Crippen LogP contribution in [0, 0.1) is 5.82 Å². The quantitative estimate of drug-likeness (QED) is 0.794. The molecule has 0 saturated heterocycles. The molecule has 1 aliphatic rings. The van der Waals surface area contributed by atoms with Gasteiger partial charge in [-0.05, 0) is 36.2 Å². The maximum atomic E-state index is 12.9. The van der Waals surface area contributed by atoms with Gasteiger partial charge in [0.05, 0.1) is 12.7 Å². The number of halogens is 1. The number of carbonyl (C=O) groups is 1. The van der Waals surface area contributed by atoms with Gasteiger partial charge in [-0.15, -0.1) is 0 Å². The number of hydrogen-bond donors (Lipinski definition) is 1. The van der Waals surface area contributed by atoms with E-state index >= 15 is 0 Å². The number of hydrogen-bond acceptors (Lipinski definition) is 3. The van der Waals surface area contributed by atoms with Crippen LogP contribution in [0.1, 0.15) is 12.0 Å². The Morgan fingerprint density at radius 1 is 1.35 bits per heavy atom. The lowest BCUT2D eigenvalue weighted by molar-refractivity contribution is -0.136. The van der Waals surface area contributed by atoms with Gasteiger partial charge in [-0.1, -0.05) is 12.1 Å². The normalized spacial score (nSPS) is 15.9. The molecule has 0 spiro atoms. The number of methoxy groups -OCH3 is 1. The maximum Gasteiger partial charge on any atom is 0.335 e. The van der Waals surface area contributed by atoms with Gasteiger partial charge in [-0.2, -0.15) is 0 Å². The molecule has 0 aliphatic carbocycles. The zero-order chi connectivity index (χ0) is 12.3. The van der Waals surface area contributed by atoms with Crippen LogP contribution < -0.4 is 5.32 Å². The zero-order valence-corrected chi connectivity index (χ0v) is 9.63. The van der Waals surface area contributed by atoms with Gasteiger partial charge >= 0.3 is 5.97 Å². The molecule has 4 heteroatoms. The summed E-state index contributed by atoms with van der Waals surface area (Å²) in [6.45, 7) is 1.31. The summed E-state index contributed by atoms with van der Waals surface area (Å²) in [5.74, 6) is -0.598. The summed E-state index contributed by atoms with van der Waals surface area (Å²) in [6.07, 6.45) is 0.746. The van der Waals surface area contributed by atoms with Gasteiger partial charge < -0.3 is 10.1 Å². The molecule has 1 aromatic rings. The first-order valence-corrected chi connectivity index (χ1v) is 5.49. The summed E-state index contributed by atoms with van der Waals surface area (Å²) in [5, 5.41) is 3.13. The van der Waals surface area contributed by atoms with Crippen LogP contribution in [-0.2, 0) is 9.53 Å². The van der Waals surface area contributed by atoms with E-state index in [0.29, 0.717) is 12.1 Å². The number of carbonyl (C=O) groups excluding carboxylic acids is 1. The monoisotopic (exact) mass is 235 g/mol. The summed E-state index contributed by atoms with van der Waals surface area (Å²) in [7, 11) is 1.37. The van der Waals surface area contributed by atoms with Crippen LogP contribution in [0.4, 0.5) is 4.39 Å². The highest BCUT2D eigenvalue weighted by atomic mass is 19.1. The molecular weight excluding hydrogens is 221 g/mol. The van der Waals surface area contributed by atoms with E-state index in [4.69, 9.17) is 4.74 Å². The second-order valence-electron chi connectivity index (χ2n) is 3.88. The predicted molar refractivity (Wildman–Crippen MR) is 62.8 cm³/mol. The number of ether oxygens (including phenoxy) is 1. The molecular formula is C13H14FNO2. The first kappa shape index (κ1) is 11.8. The van der Waals surface area contributed by atoms with Gasteiger partial charge in [0.2, 0.25) is 0 Å². The van der Waals surface area contributed by atoms with Gasteiger partial charge in [0, 0.05) is 6.54 Å². The summed E-state index contributed by atoms with van der Waals surface area (Å²) >= 11 is 0. The Labute approximate surface area is 99.3 Å². The van der Waals surface area contributed by atoms with Crippen LogP contribution in [0.15, 0.2) is 29.8 Å². The van der Waals surface area contributed by atoms with Crippen molar-refractivity contribution in [1.29, 1.82) is 0 Å². The Balaban J connectivity index is 2.41. The van der Waals surface area contributed by atoms with E-state index in [1.54, 1.807) is 12.1 Å². The number of benzene rings is 1. The average molecular weight is 235 g/mol. The summed E-state index contributed by atoms with van der Waals surface area (Å²) in [6, 6.07) is 6.19. The molecule has 0 radical (unpaired) electrons. The molecule has 0 atom stereocenters. The largest absolute Gasteiger partial charge is 0.466 e. The standard InChI is InChI=1S/C13H14FNO2/c1-17-13(16)12-8-15-7-6-11(12)9-2-4-10(14)5-3-9/h2-5,15H,6-8H2,1H3. The molecule has 0 bridgehead atoms. The van der Waals surface area contributed by atoms with Gasteiger partial charge in [-0.3, -0.25) is 0 Å². The fourth-order valence-corrected chi connectivity index (χ4v) is 1.97. The molecule has 1 N–H and O–H groups in total. The lowest BCUT2D eigenvalue weighted by Crippen LogP contribution is -2.28. The van der Waals surface area contributed by atoms with Crippen LogP contribution >= 0.6 is 0 Å². The van der Waals surface area contributed by atoms with Gasteiger partial charge in [0.25, 0.3) is 0 Å². The van der Waals surface area contributed by atoms with E-state index in [9.17, 15) is 9.18 Å². The molecule has 0 fully saturated rings. The molecule has 0 unspecified atom stereocenters. The van der Waals surface area contributed by atoms with Crippen molar-refractivity contribution in [3.8, 4) is 0 Å². The van der Waals surface area contributed by atoms with Crippen molar-refractivity contribution in [2.75, 3.05) is 20.2 Å². The van der Waals surface area contributed by atoms with Crippen molar-refractivity contribution in [1.82, 2.24) is 5.32 Å². The Morgan fingerprint density at radius 2 is 2.06 bits per heavy atom. The van der Waals surface area contributed by atoms with E-state index in [1.165, 1.54) is 19.2 Å². The minimum atomic E-state index is -0.323. The van der Waals surface area contributed by atoms with Crippen molar-refractivity contribution in [2.45, 2.75) is 6.42 Å². The van der Waals surface area contributed by atoms with E-state index in [2.05, 4.69) is 5.32 Å². The number of rotatable bonds is 2. The lowest BCUT2D eigenvalue weighted by Gasteiger charge is -2.20. The first-order valence-electron chi connectivity index (χ1n) is 5.49. The highest BCUT2D eigenvalue weighted by molar-refractivity contribution is 5.98. The molecule has 0 amide bonds. The topological polar surface area (TPSA) is 38.3 Å². The first-order chi connectivity index (χ1) is 8.22. The lowest BCUT2D eigenvalue weighted by atomic mass is 9.94. The summed E-state index contributed by atoms with van der Waals surface area (Å²) < 4.78 is 17.6. The predicted octanol–water partition coefficient (Wildman–Crippen LogP) is 1.75. The SMILES string of the molecule is COC(=O)C1=C(c2ccc(F)cc2)CCNC1. The van der Waals surface area contributed by atoms with Crippen LogP contribution in [0.25, 0.3) is 5.57 Å². The molecule has 1 aliphatic heterocycles. The fourth-order valence-electron chi connectivity index (χ4n) is 1.97. The van der Waals surface area contributed by atoms with Crippen molar-refractivity contribution < 1.29 is 13.9 Å². The third-order valence-corrected chi connectivity index (χ3v) is 2.84. The molecule has 0 saturated carbocycles. The average Bonchev–Trinajstić information content (AvgIpc) is 2.39. The van der Waals surface area contributed by atoms with Crippen molar-refractivity contribution in [2.24, 2.45) is 0 Å². The molecule has 1 aromatic carbocycles. The second-order valence-corrected chi connectivity index (χ2v) is 3.88. The Hall–Kier alpha value is -1.68. The van der Waals surface area contributed by atoms with Crippen molar-refractivity contribution in [3.05, 3.63) is 41.2 Å². The van der Waals surface area contributed by atoms with Crippen LogP contribution in [0.5, 0.6) is 0 Å². The van der Waals surface area contributed by atoms with Crippen molar-refractivity contribution >= 4 is 11.5 Å². The van der Waals surface area contributed by atoms with Crippen LogP contribution in [0.3, 0.4) is 0 Å². The second kappa shape index (κ2) is 5.10. The van der Waals surface area contributed by atoms with Crippen LogP contribution in [-0.4, -0.2) is 26.2 Å². The summed E-state index contributed by atoms with van der Waals surface area (Å²) in [4.78, 5) is 11.6. The molecule has 1 heterocycles. The smallest absolute Gasteiger partial charge is 0.335 e. The van der Waals surface area contributed by atoms with Gasteiger partial charge in [-0.25, -0.2) is 9.18 Å².